The second kappa shape index (κ2) is 7.95. The summed E-state index contributed by atoms with van der Waals surface area (Å²) in [6, 6.07) is 6.36. The van der Waals surface area contributed by atoms with E-state index in [9.17, 15) is 22.8 Å². The van der Waals surface area contributed by atoms with Crippen molar-refractivity contribution < 1.29 is 22.1 Å². The zero-order valence-electron chi connectivity index (χ0n) is 20.5. The Balaban J connectivity index is 1.42. The van der Waals surface area contributed by atoms with Gasteiger partial charge in [-0.1, -0.05) is 22.8 Å². The molecule has 0 unspecified atom stereocenters. The van der Waals surface area contributed by atoms with E-state index in [-0.39, 0.29) is 41.4 Å². The van der Waals surface area contributed by atoms with Gasteiger partial charge in [0.1, 0.15) is 22.2 Å². The van der Waals surface area contributed by atoms with E-state index in [1.54, 1.807) is 25.1 Å². The zero-order valence-corrected chi connectivity index (χ0v) is 21.3. The third-order valence-electron chi connectivity index (χ3n) is 7.87. The van der Waals surface area contributed by atoms with Crippen LogP contribution in [0.1, 0.15) is 54.7 Å². The number of aryl methyl sites for hydroxylation is 1. The van der Waals surface area contributed by atoms with E-state index in [2.05, 4.69) is 25.0 Å². The van der Waals surface area contributed by atoms with Gasteiger partial charge in [0.15, 0.2) is 5.43 Å². The van der Waals surface area contributed by atoms with Gasteiger partial charge in [0, 0.05) is 16.5 Å². The standard InChI is InChI=1S/C26H22ClF3N4O4/c1-11-6-14(13(3)31-16-4-5-17(27)32-18(16)22-33-23(36)38-34-22)20-15(7-11)19(35)12(2)21(37-20)24-8-25(9-24,10-24)26(28,29)30/h4-7,13,31H,8-10H2,1-3H3,(H,33,34,36)/t13-,24?,25?/m1/s1. The lowest BCUT2D eigenvalue weighted by molar-refractivity contribution is -0.340. The molecule has 3 saturated carbocycles. The smallest absolute Gasteiger partial charge is 0.439 e. The zero-order chi connectivity index (χ0) is 27.2. The van der Waals surface area contributed by atoms with E-state index >= 15 is 0 Å². The maximum Gasteiger partial charge on any atom is 0.439 e. The molecule has 7 rings (SSSR count). The lowest BCUT2D eigenvalue weighted by Gasteiger charge is -2.69. The molecule has 3 aliphatic rings. The van der Waals surface area contributed by atoms with Crippen molar-refractivity contribution in [1.29, 1.82) is 0 Å². The third kappa shape index (κ3) is 3.51. The van der Waals surface area contributed by atoms with Crippen molar-refractivity contribution in [2.75, 3.05) is 5.32 Å². The van der Waals surface area contributed by atoms with Gasteiger partial charge >= 0.3 is 11.9 Å². The topological polar surface area (TPSA) is 114 Å². The molecule has 8 nitrogen and oxygen atoms in total. The van der Waals surface area contributed by atoms with Gasteiger partial charge in [0.2, 0.25) is 5.82 Å². The minimum absolute atomic E-state index is 0.0660. The quantitative estimate of drug-likeness (QED) is 0.297. The summed E-state index contributed by atoms with van der Waals surface area (Å²) in [5.41, 5.74) is 0.171. The molecule has 198 valence electrons. The SMILES string of the molecule is Cc1cc([C@@H](C)Nc2ccc(Cl)nc2-c2noc(=O)[nH]2)c2oc(C34CC(C(F)(F)F)(C3)C4)c(C)c(=O)c2c1. The Hall–Kier alpha value is -3.60. The van der Waals surface area contributed by atoms with Crippen molar-refractivity contribution in [3.05, 3.63) is 72.6 Å². The molecule has 38 heavy (non-hydrogen) atoms. The van der Waals surface area contributed by atoms with Gasteiger partial charge in [0.25, 0.3) is 0 Å². The number of benzene rings is 1. The Morgan fingerprint density at radius 3 is 2.50 bits per heavy atom. The van der Waals surface area contributed by atoms with Crippen LogP contribution in [0.5, 0.6) is 0 Å². The van der Waals surface area contributed by atoms with Crippen molar-refractivity contribution in [2.45, 2.75) is 57.7 Å². The minimum atomic E-state index is -4.26. The van der Waals surface area contributed by atoms with E-state index in [4.69, 9.17) is 16.0 Å². The van der Waals surface area contributed by atoms with Crippen molar-refractivity contribution in [2.24, 2.45) is 5.41 Å². The van der Waals surface area contributed by atoms with Gasteiger partial charge < -0.3 is 9.73 Å². The molecule has 3 fully saturated rings. The van der Waals surface area contributed by atoms with Gasteiger partial charge in [-0.3, -0.25) is 14.3 Å². The average molecular weight is 547 g/mol. The fourth-order valence-corrected chi connectivity index (χ4v) is 6.25. The van der Waals surface area contributed by atoms with Crippen LogP contribution in [-0.4, -0.2) is 21.3 Å². The highest BCUT2D eigenvalue weighted by atomic mass is 35.5. The van der Waals surface area contributed by atoms with E-state index in [0.717, 1.165) is 5.56 Å². The molecule has 4 aromatic rings. The number of halogens is 4. The first kappa shape index (κ1) is 24.7. The molecule has 1 aromatic carbocycles. The Bertz CT molecular complexity index is 1720. The molecule has 3 aliphatic carbocycles. The summed E-state index contributed by atoms with van der Waals surface area (Å²) in [5, 5.41) is 7.53. The van der Waals surface area contributed by atoms with Crippen LogP contribution in [0.4, 0.5) is 18.9 Å². The van der Waals surface area contributed by atoms with Crippen molar-refractivity contribution in [1.82, 2.24) is 15.1 Å². The lowest BCUT2D eigenvalue weighted by atomic mass is 9.34. The molecule has 3 heterocycles. The predicted molar refractivity (Wildman–Crippen MR) is 133 cm³/mol. The maximum atomic E-state index is 13.5. The summed E-state index contributed by atoms with van der Waals surface area (Å²) in [6.45, 7) is 5.31. The van der Waals surface area contributed by atoms with Crippen LogP contribution in [0.15, 0.2) is 42.8 Å². The summed E-state index contributed by atoms with van der Waals surface area (Å²) in [4.78, 5) is 31.6. The number of pyridine rings is 1. The normalized spacial score (nSPS) is 23.1. The molecule has 0 saturated heterocycles. The molecule has 0 amide bonds. The largest absolute Gasteiger partial charge is 0.460 e. The number of rotatable bonds is 5. The maximum absolute atomic E-state index is 13.5. The van der Waals surface area contributed by atoms with E-state index < -0.39 is 28.8 Å². The Kier molecular flexibility index (Phi) is 5.17. The number of nitrogens with one attached hydrogen (secondary N) is 2. The number of fused-ring (bicyclic) bond motifs is 1. The number of aromatic amines is 1. The summed E-state index contributed by atoms with van der Waals surface area (Å²) in [6.07, 6.45) is -4.46. The monoisotopic (exact) mass is 546 g/mol. The Labute approximate surface area is 218 Å². The van der Waals surface area contributed by atoms with Crippen LogP contribution >= 0.6 is 11.6 Å². The minimum Gasteiger partial charge on any atom is -0.460 e. The number of alkyl halides is 3. The number of nitrogens with zero attached hydrogens (tertiary/aromatic N) is 2. The number of anilines is 1. The van der Waals surface area contributed by atoms with E-state index in [0.29, 0.717) is 33.5 Å². The Morgan fingerprint density at radius 1 is 1.16 bits per heavy atom. The number of hydrogen-bond acceptors (Lipinski definition) is 7. The summed E-state index contributed by atoms with van der Waals surface area (Å²) in [5.74, 6) is -0.337. The lowest BCUT2D eigenvalue weighted by Crippen LogP contribution is -2.70. The summed E-state index contributed by atoms with van der Waals surface area (Å²) >= 11 is 6.07. The van der Waals surface area contributed by atoms with E-state index in [1.165, 1.54) is 0 Å². The van der Waals surface area contributed by atoms with Gasteiger partial charge in [0.05, 0.1) is 22.5 Å². The number of H-pyrrole nitrogens is 1. The molecule has 1 atom stereocenters. The Morgan fingerprint density at radius 2 is 1.87 bits per heavy atom. The fraction of sp³-hybridized carbons (Fsp3) is 0.385. The molecule has 2 bridgehead atoms. The van der Waals surface area contributed by atoms with Crippen molar-refractivity contribution >= 4 is 28.3 Å². The van der Waals surface area contributed by atoms with Crippen LogP contribution in [0.2, 0.25) is 5.15 Å². The molecule has 0 spiro atoms. The first-order valence-corrected chi connectivity index (χ1v) is 12.3. The first-order chi connectivity index (χ1) is 17.8. The third-order valence-corrected chi connectivity index (χ3v) is 8.08. The molecule has 0 radical (unpaired) electrons. The first-order valence-electron chi connectivity index (χ1n) is 12.0. The van der Waals surface area contributed by atoms with Crippen LogP contribution in [-0.2, 0) is 5.41 Å². The van der Waals surface area contributed by atoms with Crippen LogP contribution in [0, 0.1) is 19.3 Å². The molecule has 2 N–H and O–H groups in total. The summed E-state index contributed by atoms with van der Waals surface area (Å²) in [7, 11) is 0. The van der Waals surface area contributed by atoms with Crippen LogP contribution in [0.25, 0.3) is 22.5 Å². The molecule has 0 aliphatic heterocycles. The molecular weight excluding hydrogens is 525 g/mol. The molecule has 3 aromatic heterocycles. The van der Waals surface area contributed by atoms with Gasteiger partial charge in [-0.15, -0.1) is 0 Å². The fourth-order valence-electron chi connectivity index (χ4n) is 6.10. The second-order valence-corrected chi connectivity index (χ2v) is 10.9. The average Bonchev–Trinajstić information content (AvgIpc) is 3.21. The van der Waals surface area contributed by atoms with Gasteiger partial charge in [-0.05, 0) is 63.8 Å². The molecular formula is C26H22ClF3N4O4. The number of hydrogen-bond donors (Lipinski definition) is 2. The van der Waals surface area contributed by atoms with Crippen LogP contribution in [0.3, 0.4) is 0 Å². The van der Waals surface area contributed by atoms with Crippen molar-refractivity contribution in [3.8, 4) is 11.5 Å². The summed E-state index contributed by atoms with van der Waals surface area (Å²) < 4.78 is 51.4. The second-order valence-electron chi connectivity index (χ2n) is 10.5. The van der Waals surface area contributed by atoms with Crippen molar-refractivity contribution in [3.63, 3.8) is 0 Å². The highest BCUT2D eigenvalue weighted by molar-refractivity contribution is 6.29. The molecule has 12 heteroatoms. The van der Waals surface area contributed by atoms with Gasteiger partial charge in [-0.2, -0.15) is 13.2 Å². The van der Waals surface area contributed by atoms with Gasteiger partial charge in [-0.25, -0.2) is 9.78 Å². The predicted octanol–water partition coefficient (Wildman–Crippen LogP) is 5.96. The highest BCUT2D eigenvalue weighted by Gasteiger charge is 2.80. The van der Waals surface area contributed by atoms with Crippen LogP contribution < -0.4 is 16.5 Å². The number of aromatic nitrogens is 3. The highest BCUT2D eigenvalue weighted by Crippen LogP contribution is 2.78. The van der Waals surface area contributed by atoms with E-state index in [1.807, 2.05) is 19.9 Å².